The average molecular weight is 557 g/mol. The number of ether oxygens (including phenoxy) is 1. The minimum atomic E-state index is -3.42. The fourth-order valence-corrected chi connectivity index (χ4v) is 8.62. The first-order chi connectivity index (χ1) is 17.8. The van der Waals surface area contributed by atoms with Crippen molar-refractivity contribution in [1.29, 1.82) is 0 Å². The van der Waals surface area contributed by atoms with Gasteiger partial charge in [0, 0.05) is 6.54 Å². The Balaban J connectivity index is 1.72. The molecule has 2 amide bonds. The fourth-order valence-electron chi connectivity index (χ4n) is 4.88. The number of thiol groups is 1. The van der Waals surface area contributed by atoms with Gasteiger partial charge in [-0.15, -0.1) is 0 Å². The lowest BCUT2D eigenvalue weighted by Gasteiger charge is -2.56. The van der Waals surface area contributed by atoms with Crippen molar-refractivity contribution in [2.24, 2.45) is 4.99 Å². The topological polar surface area (TPSA) is 155 Å². The molecule has 0 saturated carbocycles. The maximum Gasteiger partial charge on any atom is 0.410 e. The lowest BCUT2D eigenvalue weighted by molar-refractivity contribution is -0.0500. The molecule has 0 bridgehead atoms. The summed E-state index contributed by atoms with van der Waals surface area (Å²) in [5.41, 5.74) is -1.91. The Kier molecular flexibility index (Phi) is 7.18. The third-order valence-electron chi connectivity index (χ3n) is 6.83. The Morgan fingerprint density at radius 2 is 1.95 bits per heavy atom. The number of rotatable bonds is 5. The number of alkyl halides is 2. The SMILES string of the molecule is CC1(C)C(NC(=O)O)=N[C@](C)(c2nc(NC(=O)c3ccc(OC(F)F)cn3)ccc2F)[C@H]2CCCN[SH]21=O. The largest absolute Gasteiger partial charge is 0.465 e. The number of amidine groups is 1. The van der Waals surface area contributed by atoms with Gasteiger partial charge < -0.3 is 15.2 Å². The van der Waals surface area contributed by atoms with E-state index in [2.05, 4.69) is 35.1 Å². The Labute approximate surface area is 216 Å². The summed E-state index contributed by atoms with van der Waals surface area (Å²) in [7, 11) is -3.42. The molecule has 0 aliphatic carbocycles. The fraction of sp³-hybridized carbons (Fsp3) is 0.435. The number of pyridine rings is 2. The quantitative estimate of drug-likeness (QED) is 0.355. The predicted molar refractivity (Wildman–Crippen MR) is 134 cm³/mol. The lowest BCUT2D eigenvalue weighted by atomic mass is 9.88. The number of carbonyl (C=O) groups excluding carboxylic acids is 1. The number of nitrogens with zero attached hydrogens (tertiary/aromatic N) is 3. The molecule has 1 saturated heterocycles. The van der Waals surface area contributed by atoms with E-state index in [1.54, 1.807) is 13.8 Å². The Bertz CT molecular complexity index is 1340. The summed E-state index contributed by atoms with van der Waals surface area (Å²) in [6.45, 7) is 2.18. The highest BCUT2D eigenvalue weighted by Crippen LogP contribution is 2.48. The summed E-state index contributed by atoms with van der Waals surface area (Å²) in [5, 5.41) is 13.4. The van der Waals surface area contributed by atoms with Crippen LogP contribution in [-0.4, -0.2) is 60.3 Å². The highest BCUT2D eigenvalue weighted by molar-refractivity contribution is 8.04. The van der Waals surface area contributed by atoms with E-state index in [0.29, 0.717) is 19.4 Å². The molecule has 15 heteroatoms. The van der Waals surface area contributed by atoms with Crippen molar-refractivity contribution in [3.63, 3.8) is 0 Å². The van der Waals surface area contributed by atoms with E-state index in [9.17, 15) is 27.7 Å². The third kappa shape index (κ3) is 4.82. The second-order valence-electron chi connectivity index (χ2n) is 9.56. The standard InChI is InChI=1S/C23H27F3N6O5S/c1-22(2)19(31-21(34)35)32-23(3,15-5-4-10-28-38(15,22)36)17-13(24)7-9-16(29-17)30-18(33)14-8-6-12(11-27-14)37-20(25)26/h6-9,11,15,20,38H,4-5,10H2,1-3H3,(H,28,36)(H,31,32)(H,34,35)(H,29,30,33)/t15-,23+/m1/s1. The molecular formula is C23H27F3N6O5S. The molecule has 38 heavy (non-hydrogen) atoms. The maximum atomic E-state index is 15.3. The van der Waals surface area contributed by atoms with Crippen molar-refractivity contribution in [3.05, 3.63) is 47.7 Å². The van der Waals surface area contributed by atoms with Crippen LogP contribution < -0.4 is 20.1 Å². The summed E-state index contributed by atoms with van der Waals surface area (Å²) in [4.78, 5) is 36.9. The second kappa shape index (κ2) is 9.94. The number of halogens is 3. The van der Waals surface area contributed by atoms with Gasteiger partial charge in [-0.05, 0) is 68.0 Å². The Morgan fingerprint density at radius 3 is 2.58 bits per heavy atom. The van der Waals surface area contributed by atoms with Gasteiger partial charge in [0.05, 0.1) is 16.2 Å². The average Bonchev–Trinajstić information content (AvgIpc) is 2.84. The number of aliphatic imine (C=N–C) groups is 1. The Hall–Kier alpha value is -3.59. The van der Waals surface area contributed by atoms with Gasteiger partial charge >= 0.3 is 12.7 Å². The number of carboxylic acid groups (broad SMARTS) is 1. The van der Waals surface area contributed by atoms with Crippen LogP contribution in [0.4, 0.5) is 23.8 Å². The minimum absolute atomic E-state index is 0.0753. The van der Waals surface area contributed by atoms with Gasteiger partial charge in [0.1, 0.15) is 40.1 Å². The lowest BCUT2D eigenvalue weighted by Crippen LogP contribution is -2.70. The van der Waals surface area contributed by atoms with E-state index in [1.165, 1.54) is 19.1 Å². The molecule has 2 aliphatic rings. The molecule has 4 rings (SSSR count). The summed E-state index contributed by atoms with van der Waals surface area (Å²) in [6.07, 6.45) is 0.595. The number of nitrogens with one attached hydrogen (secondary N) is 3. The van der Waals surface area contributed by atoms with Crippen molar-refractivity contribution in [2.75, 3.05) is 11.9 Å². The summed E-state index contributed by atoms with van der Waals surface area (Å²) < 4.78 is 60.5. The third-order valence-corrected chi connectivity index (χ3v) is 11.0. The van der Waals surface area contributed by atoms with Crippen LogP contribution in [0.3, 0.4) is 0 Å². The molecule has 2 aliphatic heterocycles. The monoisotopic (exact) mass is 556 g/mol. The first-order valence-electron chi connectivity index (χ1n) is 11.6. The zero-order valence-corrected chi connectivity index (χ0v) is 21.6. The van der Waals surface area contributed by atoms with Crippen LogP contribution >= 0.6 is 0 Å². The van der Waals surface area contributed by atoms with Crippen LogP contribution in [0.15, 0.2) is 35.5 Å². The molecule has 2 atom stereocenters. The van der Waals surface area contributed by atoms with Crippen LogP contribution in [0.1, 0.15) is 49.8 Å². The molecule has 0 aromatic carbocycles. The number of fused-ring (bicyclic) bond motifs is 1. The van der Waals surface area contributed by atoms with E-state index < -0.39 is 50.1 Å². The van der Waals surface area contributed by atoms with Gasteiger partial charge in [0.25, 0.3) is 5.91 Å². The van der Waals surface area contributed by atoms with Crippen molar-refractivity contribution >= 4 is 33.8 Å². The molecule has 0 radical (unpaired) electrons. The highest BCUT2D eigenvalue weighted by Gasteiger charge is 2.58. The molecular weight excluding hydrogens is 529 g/mol. The maximum absolute atomic E-state index is 15.3. The summed E-state index contributed by atoms with van der Waals surface area (Å²) in [5.74, 6) is -1.94. The van der Waals surface area contributed by atoms with E-state index in [4.69, 9.17) is 0 Å². The minimum Gasteiger partial charge on any atom is -0.465 e. The normalized spacial score (nSPS) is 24.5. The van der Waals surface area contributed by atoms with Crippen LogP contribution in [0.25, 0.3) is 0 Å². The number of amides is 2. The van der Waals surface area contributed by atoms with Crippen LogP contribution in [0.2, 0.25) is 0 Å². The molecule has 2 aromatic heterocycles. The van der Waals surface area contributed by atoms with Crippen LogP contribution in [-0.2, 0) is 15.7 Å². The van der Waals surface area contributed by atoms with Crippen molar-refractivity contribution in [3.8, 4) is 5.75 Å². The first kappa shape index (κ1) is 27.4. The van der Waals surface area contributed by atoms with E-state index in [0.717, 1.165) is 18.3 Å². The van der Waals surface area contributed by atoms with Gasteiger partial charge in [-0.2, -0.15) is 8.78 Å². The molecule has 0 unspecified atom stereocenters. The number of carbonyl (C=O) groups is 2. The van der Waals surface area contributed by atoms with Gasteiger partial charge in [-0.3, -0.25) is 24.0 Å². The van der Waals surface area contributed by atoms with Crippen molar-refractivity contribution < 1.29 is 36.8 Å². The predicted octanol–water partition coefficient (Wildman–Crippen LogP) is 2.83. The molecule has 4 heterocycles. The zero-order valence-electron chi connectivity index (χ0n) is 20.7. The van der Waals surface area contributed by atoms with Crippen LogP contribution in [0.5, 0.6) is 5.75 Å². The van der Waals surface area contributed by atoms with Crippen molar-refractivity contribution in [1.82, 2.24) is 20.0 Å². The number of anilines is 1. The van der Waals surface area contributed by atoms with Crippen molar-refractivity contribution in [2.45, 2.75) is 55.8 Å². The van der Waals surface area contributed by atoms with E-state index in [-0.39, 0.29) is 28.8 Å². The van der Waals surface area contributed by atoms with Gasteiger partial charge in [0.15, 0.2) is 0 Å². The van der Waals surface area contributed by atoms with E-state index in [1.807, 2.05) is 0 Å². The molecule has 0 spiro atoms. The molecule has 2 aromatic rings. The van der Waals surface area contributed by atoms with Gasteiger partial charge in [-0.25, -0.2) is 19.2 Å². The Morgan fingerprint density at radius 1 is 1.21 bits per heavy atom. The molecule has 4 N–H and O–H groups in total. The number of hydrogen-bond acceptors (Lipinski definition) is 7. The van der Waals surface area contributed by atoms with Gasteiger partial charge in [0.2, 0.25) is 0 Å². The number of aromatic nitrogens is 2. The molecule has 1 fully saturated rings. The first-order valence-corrected chi connectivity index (χ1v) is 13.4. The number of hydrogen-bond donors (Lipinski definition) is 5. The summed E-state index contributed by atoms with van der Waals surface area (Å²) >= 11 is 0. The second-order valence-corrected chi connectivity index (χ2v) is 12.9. The molecule has 206 valence electrons. The summed E-state index contributed by atoms with van der Waals surface area (Å²) in [6, 6.07) is 4.58. The van der Waals surface area contributed by atoms with Gasteiger partial charge in [-0.1, -0.05) is 0 Å². The zero-order chi connectivity index (χ0) is 27.9. The van der Waals surface area contributed by atoms with E-state index >= 15 is 4.39 Å². The molecule has 11 nitrogen and oxygen atoms in total. The smallest absolute Gasteiger partial charge is 0.410 e. The van der Waals surface area contributed by atoms with Crippen LogP contribution in [0, 0.1) is 5.82 Å². The highest BCUT2D eigenvalue weighted by atomic mass is 32.3.